The van der Waals surface area contributed by atoms with Crippen LogP contribution in [0.15, 0.2) is 36.5 Å². The highest BCUT2D eigenvalue weighted by Gasteiger charge is 2.38. The van der Waals surface area contributed by atoms with Crippen molar-refractivity contribution in [3.63, 3.8) is 0 Å². The Labute approximate surface area is 120 Å². The lowest BCUT2D eigenvalue weighted by Gasteiger charge is -2.41. The third-order valence-corrected chi connectivity index (χ3v) is 4.66. The van der Waals surface area contributed by atoms with Crippen LogP contribution in [0.4, 0.5) is 0 Å². The van der Waals surface area contributed by atoms with Gasteiger partial charge in [0.25, 0.3) is 0 Å². The topological polar surface area (TPSA) is 48.1 Å². The van der Waals surface area contributed by atoms with Gasteiger partial charge in [-0.15, -0.1) is 0 Å². The highest BCUT2D eigenvalue weighted by atomic mass is 16.5. The number of pyridine rings is 1. The molecule has 1 aliphatic carbocycles. The summed E-state index contributed by atoms with van der Waals surface area (Å²) in [6.07, 6.45) is 7.61. The van der Waals surface area contributed by atoms with Gasteiger partial charge in [-0.2, -0.15) is 0 Å². The molecule has 0 spiro atoms. The summed E-state index contributed by atoms with van der Waals surface area (Å²) in [5, 5.41) is 1.15. The number of methoxy groups -OCH3 is 1. The number of hydrogen-bond acceptors (Lipinski definition) is 3. The molecule has 1 heterocycles. The summed E-state index contributed by atoms with van der Waals surface area (Å²) < 4.78 is 5.86. The number of aromatic nitrogens is 1. The zero-order chi connectivity index (χ0) is 14.0. The average molecular weight is 270 g/mol. The van der Waals surface area contributed by atoms with Crippen molar-refractivity contribution in [3.05, 3.63) is 42.1 Å². The number of rotatable bonds is 3. The molecule has 1 aliphatic rings. The monoisotopic (exact) mass is 270 g/mol. The molecule has 1 saturated carbocycles. The number of nitrogens with zero attached hydrogens (tertiary/aromatic N) is 1. The first-order valence-corrected chi connectivity index (χ1v) is 7.41. The lowest BCUT2D eigenvalue weighted by atomic mass is 9.77. The fourth-order valence-corrected chi connectivity index (χ4v) is 3.37. The first-order chi connectivity index (χ1) is 9.75. The SMILES string of the molecule is COC1(C(N)c2ccc3cccnc3c2)CCCCC1. The van der Waals surface area contributed by atoms with E-state index in [0.29, 0.717) is 0 Å². The van der Waals surface area contributed by atoms with Crippen LogP contribution < -0.4 is 5.73 Å². The van der Waals surface area contributed by atoms with Crippen LogP contribution in [0.2, 0.25) is 0 Å². The van der Waals surface area contributed by atoms with Crippen molar-refractivity contribution < 1.29 is 4.74 Å². The summed E-state index contributed by atoms with van der Waals surface area (Å²) in [4.78, 5) is 4.42. The van der Waals surface area contributed by atoms with E-state index in [1.165, 1.54) is 19.3 Å². The van der Waals surface area contributed by atoms with Crippen molar-refractivity contribution in [2.75, 3.05) is 7.11 Å². The quantitative estimate of drug-likeness (QED) is 0.927. The fourth-order valence-electron chi connectivity index (χ4n) is 3.37. The Hall–Kier alpha value is -1.45. The molecule has 1 atom stereocenters. The predicted molar refractivity (Wildman–Crippen MR) is 81.5 cm³/mol. The van der Waals surface area contributed by atoms with E-state index in [1.807, 2.05) is 12.3 Å². The summed E-state index contributed by atoms with van der Waals surface area (Å²) >= 11 is 0. The standard InChI is InChI=1S/C17H22N2O/c1-20-17(9-3-2-4-10-17)16(18)14-8-7-13-6-5-11-19-15(13)12-14/h5-8,11-12,16H,2-4,9-10,18H2,1H3. The second kappa shape index (κ2) is 5.51. The van der Waals surface area contributed by atoms with Crippen LogP contribution in [-0.4, -0.2) is 17.7 Å². The van der Waals surface area contributed by atoms with Gasteiger partial charge in [0.15, 0.2) is 0 Å². The van der Waals surface area contributed by atoms with Gasteiger partial charge in [-0.25, -0.2) is 0 Å². The molecule has 0 bridgehead atoms. The number of fused-ring (bicyclic) bond motifs is 1. The van der Waals surface area contributed by atoms with Gasteiger partial charge in [-0.1, -0.05) is 37.5 Å². The molecule has 3 heteroatoms. The van der Waals surface area contributed by atoms with Gasteiger partial charge >= 0.3 is 0 Å². The average Bonchev–Trinajstić information content (AvgIpc) is 2.54. The van der Waals surface area contributed by atoms with E-state index in [9.17, 15) is 0 Å². The Morgan fingerprint density at radius 1 is 1.20 bits per heavy atom. The van der Waals surface area contributed by atoms with Gasteiger partial charge in [0.1, 0.15) is 0 Å². The maximum Gasteiger partial charge on any atom is 0.0870 e. The first kappa shape index (κ1) is 13.5. The number of benzene rings is 1. The molecule has 0 saturated heterocycles. The van der Waals surface area contributed by atoms with Crippen LogP contribution in [0, 0.1) is 0 Å². The molecular formula is C17H22N2O. The van der Waals surface area contributed by atoms with Crippen molar-refractivity contribution in [2.45, 2.75) is 43.7 Å². The van der Waals surface area contributed by atoms with Crippen LogP contribution >= 0.6 is 0 Å². The van der Waals surface area contributed by atoms with E-state index in [0.717, 1.165) is 29.3 Å². The van der Waals surface area contributed by atoms with Crippen molar-refractivity contribution in [1.29, 1.82) is 0 Å². The minimum absolute atomic E-state index is 0.0841. The third kappa shape index (κ3) is 2.32. The van der Waals surface area contributed by atoms with E-state index in [4.69, 9.17) is 10.5 Å². The minimum Gasteiger partial charge on any atom is -0.376 e. The molecule has 0 radical (unpaired) electrons. The van der Waals surface area contributed by atoms with E-state index in [1.54, 1.807) is 7.11 Å². The summed E-state index contributed by atoms with van der Waals surface area (Å²) in [5.41, 5.74) is 8.47. The minimum atomic E-state index is -0.208. The highest BCUT2D eigenvalue weighted by Crippen LogP contribution is 2.40. The number of hydrogen-bond donors (Lipinski definition) is 1. The second-order valence-corrected chi connectivity index (χ2v) is 5.76. The normalized spacial score (nSPS) is 19.9. The molecule has 0 amide bonds. The van der Waals surface area contributed by atoms with E-state index >= 15 is 0 Å². The maximum atomic E-state index is 6.55. The molecule has 20 heavy (non-hydrogen) atoms. The molecule has 3 rings (SSSR count). The maximum absolute atomic E-state index is 6.55. The van der Waals surface area contributed by atoms with Crippen molar-refractivity contribution >= 4 is 10.9 Å². The van der Waals surface area contributed by atoms with Gasteiger partial charge < -0.3 is 10.5 Å². The third-order valence-electron chi connectivity index (χ3n) is 4.66. The van der Waals surface area contributed by atoms with Gasteiger partial charge in [0.2, 0.25) is 0 Å². The lowest BCUT2D eigenvalue weighted by molar-refractivity contribution is -0.0595. The Kier molecular flexibility index (Phi) is 3.72. The fraction of sp³-hybridized carbons (Fsp3) is 0.471. The highest BCUT2D eigenvalue weighted by molar-refractivity contribution is 5.79. The van der Waals surface area contributed by atoms with Gasteiger partial charge in [-0.05, 0) is 30.5 Å². The molecule has 1 aromatic heterocycles. The Morgan fingerprint density at radius 2 is 2.00 bits per heavy atom. The van der Waals surface area contributed by atoms with Gasteiger partial charge in [-0.3, -0.25) is 4.98 Å². The van der Waals surface area contributed by atoms with Crippen molar-refractivity contribution in [3.8, 4) is 0 Å². The number of ether oxygens (including phenoxy) is 1. The van der Waals surface area contributed by atoms with E-state index in [-0.39, 0.29) is 11.6 Å². The van der Waals surface area contributed by atoms with Crippen LogP contribution in [-0.2, 0) is 4.74 Å². The molecular weight excluding hydrogens is 248 g/mol. The van der Waals surface area contributed by atoms with Crippen molar-refractivity contribution in [2.24, 2.45) is 5.73 Å². The van der Waals surface area contributed by atoms with Crippen LogP contribution in [0.25, 0.3) is 10.9 Å². The molecule has 2 aromatic rings. The zero-order valence-corrected chi connectivity index (χ0v) is 12.0. The molecule has 0 aliphatic heterocycles. The number of nitrogens with two attached hydrogens (primary N) is 1. The summed E-state index contributed by atoms with van der Waals surface area (Å²) in [5.74, 6) is 0. The molecule has 1 aromatic carbocycles. The first-order valence-electron chi connectivity index (χ1n) is 7.41. The Morgan fingerprint density at radius 3 is 2.75 bits per heavy atom. The van der Waals surface area contributed by atoms with Crippen molar-refractivity contribution in [1.82, 2.24) is 4.98 Å². The van der Waals surface area contributed by atoms with Crippen LogP contribution in [0.3, 0.4) is 0 Å². The summed E-state index contributed by atoms with van der Waals surface area (Å²) in [6, 6.07) is 10.3. The predicted octanol–water partition coefficient (Wildman–Crippen LogP) is 3.58. The molecule has 1 fully saturated rings. The Balaban J connectivity index is 1.96. The molecule has 106 valence electrons. The van der Waals surface area contributed by atoms with Crippen LogP contribution in [0.5, 0.6) is 0 Å². The van der Waals surface area contributed by atoms with E-state index in [2.05, 4.69) is 29.2 Å². The summed E-state index contributed by atoms with van der Waals surface area (Å²) in [7, 11) is 1.80. The summed E-state index contributed by atoms with van der Waals surface area (Å²) in [6.45, 7) is 0. The second-order valence-electron chi connectivity index (χ2n) is 5.76. The van der Waals surface area contributed by atoms with Gasteiger partial charge in [0, 0.05) is 18.7 Å². The van der Waals surface area contributed by atoms with Crippen LogP contribution in [0.1, 0.15) is 43.7 Å². The zero-order valence-electron chi connectivity index (χ0n) is 12.0. The van der Waals surface area contributed by atoms with E-state index < -0.39 is 0 Å². The largest absolute Gasteiger partial charge is 0.376 e. The lowest BCUT2D eigenvalue weighted by Crippen LogP contribution is -2.44. The molecule has 2 N–H and O–H groups in total. The Bertz CT molecular complexity index is 590. The molecule has 3 nitrogen and oxygen atoms in total. The molecule has 1 unspecified atom stereocenters. The van der Waals surface area contributed by atoms with Gasteiger partial charge in [0.05, 0.1) is 17.2 Å². The smallest absolute Gasteiger partial charge is 0.0870 e.